The Morgan fingerprint density at radius 2 is 2.29 bits per heavy atom. The highest BCUT2D eigenvalue weighted by Crippen LogP contribution is 2.47. The molecule has 0 N–H and O–H groups in total. The van der Waals surface area contributed by atoms with E-state index < -0.39 is 0 Å². The fraction of sp³-hybridized carbons (Fsp3) is 0.429. The van der Waals surface area contributed by atoms with Gasteiger partial charge in [-0.25, -0.2) is 0 Å². The summed E-state index contributed by atoms with van der Waals surface area (Å²) in [7, 11) is 0. The largest absolute Gasteiger partial charge is 0.486 e. The summed E-state index contributed by atoms with van der Waals surface area (Å²) in [6.45, 7) is 7.89. The molecule has 2 unspecified atom stereocenters. The van der Waals surface area contributed by atoms with Crippen molar-refractivity contribution in [3.63, 3.8) is 0 Å². The average Bonchev–Trinajstić information content (AvgIpc) is 2.30. The van der Waals surface area contributed by atoms with Crippen LogP contribution in [0.4, 0.5) is 0 Å². The van der Waals surface area contributed by atoms with Gasteiger partial charge in [0.05, 0.1) is 13.2 Å². The van der Waals surface area contributed by atoms with Crippen LogP contribution in [0.15, 0.2) is 29.3 Å². The van der Waals surface area contributed by atoms with E-state index in [2.05, 4.69) is 35.5 Å². The van der Waals surface area contributed by atoms with Gasteiger partial charge in [-0.2, -0.15) is 0 Å². The van der Waals surface area contributed by atoms with Crippen LogP contribution in [0.3, 0.4) is 0 Å². The molecule has 1 aromatic carbocycles. The summed E-state index contributed by atoms with van der Waals surface area (Å²) >= 11 is 3.49. The van der Waals surface area contributed by atoms with Crippen LogP contribution in [0.25, 0.3) is 5.57 Å². The molecule has 1 fully saturated rings. The Balaban J connectivity index is 2.09. The van der Waals surface area contributed by atoms with E-state index in [4.69, 9.17) is 9.47 Å². The lowest BCUT2D eigenvalue weighted by Gasteiger charge is -2.46. The monoisotopic (exact) mass is 294 g/mol. The van der Waals surface area contributed by atoms with Crippen LogP contribution >= 0.6 is 15.9 Å². The Bertz CT molecular complexity index is 483. The SMILES string of the molecule is C=C1c2cc(Br)ccc2OC2(C)CCOCC12. The Kier molecular flexibility index (Phi) is 2.56. The molecule has 2 aliphatic rings. The highest BCUT2D eigenvalue weighted by Gasteiger charge is 2.45. The molecule has 3 heteroatoms. The molecule has 2 nitrogen and oxygen atoms in total. The quantitative estimate of drug-likeness (QED) is 0.727. The second-order valence-corrected chi connectivity index (χ2v) is 5.87. The van der Waals surface area contributed by atoms with E-state index in [1.807, 2.05) is 12.1 Å². The minimum atomic E-state index is -0.157. The summed E-state index contributed by atoms with van der Waals surface area (Å²) in [5.41, 5.74) is 2.08. The number of rotatable bonds is 0. The van der Waals surface area contributed by atoms with E-state index in [1.54, 1.807) is 0 Å². The van der Waals surface area contributed by atoms with Gasteiger partial charge in [-0.15, -0.1) is 0 Å². The summed E-state index contributed by atoms with van der Waals surface area (Å²) in [5.74, 6) is 1.21. The molecule has 0 spiro atoms. The predicted octanol–water partition coefficient (Wildman–Crippen LogP) is 3.65. The number of ether oxygens (including phenoxy) is 2. The standard InChI is InChI=1S/C14H15BrO2/c1-9-11-7-10(15)3-4-13(11)17-14(2)5-6-16-8-12(9)14/h3-4,7,12H,1,5-6,8H2,2H3. The van der Waals surface area contributed by atoms with Gasteiger partial charge in [0.2, 0.25) is 0 Å². The van der Waals surface area contributed by atoms with Crippen LogP contribution in [0, 0.1) is 5.92 Å². The van der Waals surface area contributed by atoms with Gasteiger partial charge < -0.3 is 9.47 Å². The molecule has 90 valence electrons. The Hall–Kier alpha value is -0.800. The van der Waals surface area contributed by atoms with E-state index in [0.29, 0.717) is 6.61 Å². The third-order valence-corrected chi connectivity index (χ3v) is 4.31. The lowest BCUT2D eigenvalue weighted by Crippen LogP contribution is -2.50. The van der Waals surface area contributed by atoms with Gasteiger partial charge in [-0.05, 0) is 30.7 Å². The molecule has 0 bridgehead atoms. The lowest BCUT2D eigenvalue weighted by atomic mass is 9.76. The van der Waals surface area contributed by atoms with Crippen LogP contribution in [0.2, 0.25) is 0 Å². The van der Waals surface area contributed by atoms with Crippen molar-refractivity contribution in [2.45, 2.75) is 18.9 Å². The molecular weight excluding hydrogens is 280 g/mol. The molecule has 0 amide bonds. The van der Waals surface area contributed by atoms with Crippen molar-refractivity contribution < 1.29 is 9.47 Å². The average molecular weight is 295 g/mol. The van der Waals surface area contributed by atoms with Crippen LogP contribution in [-0.2, 0) is 4.74 Å². The fourth-order valence-electron chi connectivity index (χ4n) is 2.70. The van der Waals surface area contributed by atoms with Gasteiger partial charge >= 0.3 is 0 Å². The summed E-state index contributed by atoms with van der Waals surface area (Å²) < 4.78 is 12.8. The van der Waals surface area contributed by atoms with Crippen LogP contribution < -0.4 is 4.74 Å². The molecule has 17 heavy (non-hydrogen) atoms. The number of hydrogen-bond acceptors (Lipinski definition) is 2. The smallest absolute Gasteiger partial charge is 0.127 e. The first-order valence-electron chi connectivity index (χ1n) is 5.86. The molecule has 1 aromatic rings. The highest BCUT2D eigenvalue weighted by atomic mass is 79.9. The maximum Gasteiger partial charge on any atom is 0.127 e. The van der Waals surface area contributed by atoms with Gasteiger partial charge in [0.1, 0.15) is 11.4 Å². The summed E-state index contributed by atoms with van der Waals surface area (Å²) in [5, 5.41) is 0. The normalized spacial score (nSPS) is 31.4. The van der Waals surface area contributed by atoms with E-state index in [0.717, 1.165) is 34.4 Å². The van der Waals surface area contributed by atoms with Gasteiger partial charge in [-0.3, -0.25) is 0 Å². The number of halogens is 1. The Labute approximate surface area is 110 Å². The zero-order chi connectivity index (χ0) is 12.0. The summed E-state index contributed by atoms with van der Waals surface area (Å²) in [4.78, 5) is 0. The van der Waals surface area contributed by atoms with Gasteiger partial charge in [0.15, 0.2) is 0 Å². The molecule has 2 heterocycles. The zero-order valence-corrected chi connectivity index (χ0v) is 11.4. The minimum absolute atomic E-state index is 0.157. The molecule has 2 aliphatic heterocycles. The molecule has 2 atom stereocenters. The number of benzene rings is 1. The van der Waals surface area contributed by atoms with Crippen LogP contribution in [0.5, 0.6) is 5.75 Å². The third kappa shape index (κ3) is 1.72. The topological polar surface area (TPSA) is 18.5 Å². The number of fused-ring (bicyclic) bond motifs is 2. The second kappa shape index (κ2) is 3.85. The summed E-state index contributed by atoms with van der Waals surface area (Å²) in [6.07, 6.45) is 0.923. The van der Waals surface area contributed by atoms with Gasteiger partial charge in [-0.1, -0.05) is 22.5 Å². The first-order chi connectivity index (χ1) is 8.10. The van der Waals surface area contributed by atoms with E-state index >= 15 is 0 Å². The molecule has 1 saturated heterocycles. The Morgan fingerprint density at radius 1 is 1.47 bits per heavy atom. The number of hydrogen-bond donors (Lipinski definition) is 0. The first-order valence-corrected chi connectivity index (χ1v) is 6.65. The highest BCUT2D eigenvalue weighted by molar-refractivity contribution is 9.10. The van der Waals surface area contributed by atoms with E-state index in [1.165, 1.54) is 0 Å². The summed E-state index contributed by atoms with van der Waals surface area (Å²) in [6, 6.07) is 6.10. The maximum absolute atomic E-state index is 6.19. The van der Waals surface area contributed by atoms with Crippen LogP contribution in [-0.4, -0.2) is 18.8 Å². The van der Waals surface area contributed by atoms with Crippen molar-refractivity contribution in [2.24, 2.45) is 5.92 Å². The van der Waals surface area contributed by atoms with Crippen LogP contribution in [0.1, 0.15) is 18.9 Å². The van der Waals surface area contributed by atoms with E-state index in [9.17, 15) is 0 Å². The first kappa shape index (κ1) is 11.3. The van der Waals surface area contributed by atoms with Crippen molar-refractivity contribution in [1.29, 1.82) is 0 Å². The molecule has 0 radical (unpaired) electrons. The Morgan fingerprint density at radius 3 is 3.12 bits per heavy atom. The van der Waals surface area contributed by atoms with Gasteiger partial charge in [0.25, 0.3) is 0 Å². The van der Waals surface area contributed by atoms with E-state index in [-0.39, 0.29) is 11.5 Å². The van der Waals surface area contributed by atoms with Crippen molar-refractivity contribution in [3.8, 4) is 5.75 Å². The molecule has 3 rings (SSSR count). The van der Waals surface area contributed by atoms with Gasteiger partial charge in [0, 0.05) is 22.4 Å². The van der Waals surface area contributed by atoms with Crippen molar-refractivity contribution >= 4 is 21.5 Å². The second-order valence-electron chi connectivity index (χ2n) is 4.96. The predicted molar refractivity (Wildman–Crippen MR) is 71.1 cm³/mol. The lowest BCUT2D eigenvalue weighted by molar-refractivity contribution is -0.0685. The van der Waals surface area contributed by atoms with Crippen molar-refractivity contribution in [1.82, 2.24) is 0 Å². The third-order valence-electron chi connectivity index (χ3n) is 3.82. The minimum Gasteiger partial charge on any atom is -0.486 e. The fourth-order valence-corrected chi connectivity index (χ4v) is 3.06. The molecule has 0 aromatic heterocycles. The molecular formula is C14H15BrO2. The maximum atomic E-state index is 6.19. The zero-order valence-electron chi connectivity index (χ0n) is 9.83. The molecule has 0 saturated carbocycles. The van der Waals surface area contributed by atoms with Crippen molar-refractivity contribution in [2.75, 3.05) is 13.2 Å². The molecule has 0 aliphatic carbocycles. The van der Waals surface area contributed by atoms with Crippen molar-refractivity contribution in [3.05, 3.63) is 34.8 Å².